The van der Waals surface area contributed by atoms with Gasteiger partial charge in [0, 0.05) is 18.6 Å². The highest BCUT2D eigenvalue weighted by Gasteiger charge is 2.10. The van der Waals surface area contributed by atoms with Crippen LogP contribution in [-0.2, 0) is 22.9 Å². The second-order valence-electron chi connectivity index (χ2n) is 3.68. The molecule has 1 rings (SSSR count). The van der Waals surface area contributed by atoms with Crippen molar-refractivity contribution in [1.82, 2.24) is 14.8 Å². The first-order chi connectivity index (χ1) is 7.98. The summed E-state index contributed by atoms with van der Waals surface area (Å²) in [4.78, 5) is 0. The van der Waals surface area contributed by atoms with Crippen molar-refractivity contribution < 1.29 is 8.42 Å². The molecule has 0 aliphatic carbocycles. The summed E-state index contributed by atoms with van der Waals surface area (Å²) in [5, 5.41) is 8.83. The predicted molar refractivity (Wildman–Crippen MR) is 68.6 cm³/mol. The monoisotopic (exact) mass is 278 g/mol. The smallest absolute Gasteiger partial charge is 0.191 e. The molecular formula is C9H18N4O2S2. The summed E-state index contributed by atoms with van der Waals surface area (Å²) in [7, 11) is -2.87. The van der Waals surface area contributed by atoms with Crippen LogP contribution in [0.15, 0.2) is 5.16 Å². The number of rotatable bonds is 7. The van der Waals surface area contributed by atoms with Crippen molar-refractivity contribution in [2.75, 3.05) is 17.8 Å². The molecule has 1 heterocycles. The van der Waals surface area contributed by atoms with E-state index in [1.165, 1.54) is 18.0 Å². The van der Waals surface area contributed by atoms with E-state index < -0.39 is 9.84 Å². The van der Waals surface area contributed by atoms with E-state index in [1.54, 1.807) is 0 Å². The summed E-state index contributed by atoms with van der Waals surface area (Å²) in [5.74, 6) is 1.69. The van der Waals surface area contributed by atoms with Crippen molar-refractivity contribution in [3.63, 3.8) is 0 Å². The Morgan fingerprint density at radius 3 is 2.65 bits per heavy atom. The number of hydrogen-bond acceptors (Lipinski definition) is 6. The maximum Gasteiger partial charge on any atom is 0.191 e. The minimum Gasteiger partial charge on any atom is -0.324 e. The molecule has 0 saturated heterocycles. The molecule has 17 heavy (non-hydrogen) atoms. The third-order valence-electron chi connectivity index (χ3n) is 2.18. The van der Waals surface area contributed by atoms with Gasteiger partial charge in [-0.3, -0.25) is 0 Å². The summed E-state index contributed by atoms with van der Waals surface area (Å²) in [5.41, 5.74) is 5.54. The molecule has 0 fully saturated rings. The fourth-order valence-electron chi connectivity index (χ4n) is 1.38. The normalized spacial score (nSPS) is 11.9. The highest BCUT2D eigenvalue weighted by molar-refractivity contribution is 7.99. The molecule has 6 nitrogen and oxygen atoms in total. The summed E-state index contributed by atoms with van der Waals surface area (Å²) < 4.78 is 23.9. The topological polar surface area (TPSA) is 90.9 Å². The number of thioether (sulfide) groups is 1. The maximum atomic E-state index is 11.0. The average Bonchev–Trinajstić information content (AvgIpc) is 2.65. The molecule has 1 aromatic heterocycles. The molecule has 0 bridgehead atoms. The molecule has 0 aliphatic rings. The molecule has 0 saturated carbocycles. The van der Waals surface area contributed by atoms with Crippen molar-refractivity contribution in [1.29, 1.82) is 0 Å². The van der Waals surface area contributed by atoms with E-state index >= 15 is 0 Å². The highest BCUT2D eigenvalue weighted by Crippen LogP contribution is 2.17. The van der Waals surface area contributed by atoms with Crippen LogP contribution in [0.3, 0.4) is 0 Å². The number of nitrogens with two attached hydrogens (primary N) is 1. The van der Waals surface area contributed by atoms with Gasteiger partial charge in [0.2, 0.25) is 0 Å². The lowest BCUT2D eigenvalue weighted by Crippen LogP contribution is -2.08. The maximum absolute atomic E-state index is 11.0. The quantitative estimate of drug-likeness (QED) is 0.569. The standard InChI is InChI=1S/C9H18N4O2S2/c1-3-13-8(7-10)11-12-9(13)16-5-4-6-17(2,14)15/h3-7,10H2,1-2H3. The van der Waals surface area contributed by atoms with Gasteiger partial charge >= 0.3 is 0 Å². The van der Waals surface area contributed by atoms with Gasteiger partial charge in [-0.15, -0.1) is 10.2 Å². The lowest BCUT2D eigenvalue weighted by atomic mass is 10.6. The second-order valence-corrected chi connectivity index (χ2v) is 7.00. The van der Waals surface area contributed by atoms with Crippen molar-refractivity contribution >= 4 is 21.6 Å². The summed E-state index contributed by atoms with van der Waals surface area (Å²) >= 11 is 1.52. The van der Waals surface area contributed by atoms with Gasteiger partial charge in [-0.1, -0.05) is 11.8 Å². The van der Waals surface area contributed by atoms with Gasteiger partial charge in [-0.2, -0.15) is 0 Å². The van der Waals surface area contributed by atoms with Crippen LogP contribution in [0.5, 0.6) is 0 Å². The molecule has 0 aliphatic heterocycles. The van der Waals surface area contributed by atoms with Crippen LogP contribution in [0.4, 0.5) is 0 Å². The SMILES string of the molecule is CCn1c(CN)nnc1SCCCS(C)(=O)=O. The first kappa shape index (κ1) is 14.5. The van der Waals surface area contributed by atoms with Gasteiger partial charge in [0.1, 0.15) is 15.7 Å². The Morgan fingerprint density at radius 1 is 1.41 bits per heavy atom. The van der Waals surface area contributed by atoms with Crippen LogP contribution < -0.4 is 5.73 Å². The Bertz CT molecular complexity index is 456. The second kappa shape index (κ2) is 6.36. The molecule has 8 heteroatoms. The predicted octanol–water partition coefficient (Wildman–Crippen LogP) is 0.284. The van der Waals surface area contributed by atoms with Gasteiger partial charge in [0.05, 0.1) is 12.3 Å². The van der Waals surface area contributed by atoms with Gasteiger partial charge in [-0.05, 0) is 13.3 Å². The van der Waals surface area contributed by atoms with Crippen LogP contribution in [0.1, 0.15) is 19.2 Å². The summed E-state index contributed by atoms with van der Waals surface area (Å²) in [6.07, 6.45) is 1.87. The van der Waals surface area contributed by atoms with E-state index in [9.17, 15) is 8.42 Å². The van der Waals surface area contributed by atoms with E-state index in [0.29, 0.717) is 13.0 Å². The van der Waals surface area contributed by atoms with E-state index in [1.807, 2.05) is 11.5 Å². The third kappa shape index (κ3) is 4.64. The molecule has 0 unspecified atom stereocenters. The molecule has 0 spiro atoms. The molecule has 98 valence electrons. The van der Waals surface area contributed by atoms with Crippen LogP contribution in [-0.4, -0.2) is 40.9 Å². The lowest BCUT2D eigenvalue weighted by molar-refractivity contribution is 0.600. The number of hydrogen-bond donors (Lipinski definition) is 1. The van der Waals surface area contributed by atoms with E-state index in [-0.39, 0.29) is 5.75 Å². The molecule has 1 aromatic rings. The van der Waals surface area contributed by atoms with Crippen molar-refractivity contribution in [3.05, 3.63) is 5.82 Å². The molecule has 0 radical (unpaired) electrons. The number of aromatic nitrogens is 3. The Labute approximate surface area is 106 Å². The molecule has 2 N–H and O–H groups in total. The zero-order valence-corrected chi connectivity index (χ0v) is 11.7. The number of nitrogens with zero attached hydrogens (tertiary/aromatic N) is 3. The average molecular weight is 278 g/mol. The Hall–Kier alpha value is -0.600. The zero-order valence-electron chi connectivity index (χ0n) is 10.1. The van der Waals surface area contributed by atoms with Crippen molar-refractivity contribution in [2.24, 2.45) is 5.73 Å². The molecule has 0 atom stereocenters. The van der Waals surface area contributed by atoms with E-state index in [4.69, 9.17) is 5.73 Å². The fourth-order valence-corrected chi connectivity index (χ4v) is 3.19. The summed E-state index contributed by atoms with van der Waals surface area (Å²) in [6.45, 7) is 3.14. The first-order valence-electron chi connectivity index (χ1n) is 5.40. The largest absolute Gasteiger partial charge is 0.324 e. The Balaban J connectivity index is 2.49. The van der Waals surface area contributed by atoms with Gasteiger partial charge < -0.3 is 10.3 Å². The fraction of sp³-hybridized carbons (Fsp3) is 0.778. The molecule has 0 aromatic carbocycles. The number of sulfone groups is 1. The third-order valence-corrected chi connectivity index (χ3v) is 4.27. The highest BCUT2D eigenvalue weighted by atomic mass is 32.2. The molecular weight excluding hydrogens is 260 g/mol. The Kier molecular flexibility index (Phi) is 5.41. The summed E-state index contributed by atoms with van der Waals surface area (Å²) in [6, 6.07) is 0. The van der Waals surface area contributed by atoms with Crippen molar-refractivity contribution in [2.45, 2.75) is 31.6 Å². The van der Waals surface area contributed by atoms with E-state index in [0.717, 1.165) is 23.3 Å². The van der Waals surface area contributed by atoms with Crippen LogP contribution >= 0.6 is 11.8 Å². The molecule has 0 amide bonds. The minimum atomic E-state index is -2.87. The van der Waals surface area contributed by atoms with E-state index in [2.05, 4.69) is 10.2 Å². The van der Waals surface area contributed by atoms with Crippen molar-refractivity contribution in [3.8, 4) is 0 Å². The minimum absolute atomic E-state index is 0.212. The van der Waals surface area contributed by atoms with Gasteiger partial charge in [-0.25, -0.2) is 8.42 Å². The zero-order chi connectivity index (χ0) is 12.9. The van der Waals surface area contributed by atoms with Crippen LogP contribution in [0.25, 0.3) is 0 Å². The Morgan fingerprint density at radius 2 is 2.12 bits per heavy atom. The first-order valence-corrected chi connectivity index (χ1v) is 8.45. The van der Waals surface area contributed by atoms with Crippen LogP contribution in [0.2, 0.25) is 0 Å². The van der Waals surface area contributed by atoms with Gasteiger partial charge in [0.25, 0.3) is 0 Å². The van der Waals surface area contributed by atoms with Crippen LogP contribution in [0, 0.1) is 0 Å². The van der Waals surface area contributed by atoms with Gasteiger partial charge in [0.15, 0.2) is 5.16 Å². The lowest BCUT2D eigenvalue weighted by Gasteiger charge is -2.05.